The fourth-order valence-corrected chi connectivity index (χ4v) is 1.66. The molecule has 5 nitrogen and oxygen atoms in total. The average molecular weight is 278 g/mol. The molecule has 0 unspecified atom stereocenters. The Bertz CT molecular complexity index is 617. The van der Waals surface area contributed by atoms with Crippen molar-refractivity contribution < 1.29 is 9.90 Å². The number of rotatable bonds is 2. The van der Waals surface area contributed by atoms with E-state index in [4.69, 9.17) is 11.6 Å². The maximum atomic E-state index is 11.7. The summed E-state index contributed by atoms with van der Waals surface area (Å²) < 4.78 is 0. The molecule has 0 fully saturated rings. The molecule has 19 heavy (non-hydrogen) atoms. The molecule has 1 aromatic heterocycles. The molecule has 1 heterocycles. The van der Waals surface area contributed by atoms with Crippen molar-refractivity contribution in [3.63, 3.8) is 0 Å². The lowest BCUT2D eigenvalue weighted by atomic mass is 10.3. The second-order valence-corrected chi connectivity index (χ2v) is 4.32. The monoisotopic (exact) mass is 277 g/mol. The number of anilines is 2. The van der Waals surface area contributed by atoms with Gasteiger partial charge in [-0.15, -0.1) is 0 Å². The van der Waals surface area contributed by atoms with Gasteiger partial charge in [0.05, 0.1) is 5.02 Å². The number of carbonyl (C=O) groups is 1. The molecule has 6 heteroatoms. The van der Waals surface area contributed by atoms with E-state index >= 15 is 0 Å². The number of aromatic nitrogens is 1. The van der Waals surface area contributed by atoms with Crippen LogP contribution in [0.5, 0.6) is 5.75 Å². The zero-order valence-electron chi connectivity index (χ0n) is 10.1. The van der Waals surface area contributed by atoms with Crippen LogP contribution in [0.4, 0.5) is 16.3 Å². The third-order valence-corrected chi connectivity index (χ3v) is 2.64. The number of phenols is 1. The Kier molecular flexibility index (Phi) is 3.87. The highest BCUT2D eigenvalue weighted by molar-refractivity contribution is 6.32. The van der Waals surface area contributed by atoms with Crippen LogP contribution in [0, 0.1) is 6.92 Å². The first kappa shape index (κ1) is 13.2. The number of hydrogen-bond donors (Lipinski definition) is 3. The number of aryl methyl sites for hydroxylation is 1. The summed E-state index contributed by atoms with van der Waals surface area (Å²) in [6, 6.07) is 9.31. The van der Waals surface area contributed by atoms with Gasteiger partial charge in [0, 0.05) is 11.4 Å². The van der Waals surface area contributed by atoms with Gasteiger partial charge < -0.3 is 10.4 Å². The molecule has 2 amide bonds. The smallest absolute Gasteiger partial charge is 0.324 e. The van der Waals surface area contributed by atoms with Crippen LogP contribution in [-0.4, -0.2) is 16.1 Å². The van der Waals surface area contributed by atoms with E-state index in [1.807, 2.05) is 13.0 Å². The van der Waals surface area contributed by atoms with Gasteiger partial charge in [-0.3, -0.25) is 5.32 Å². The van der Waals surface area contributed by atoms with Gasteiger partial charge in [0.2, 0.25) is 0 Å². The molecule has 0 spiro atoms. The largest absolute Gasteiger partial charge is 0.506 e. The van der Waals surface area contributed by atoms with Crippen molar-refractivity contribution in [1.29, 1.82) is 0 Å². The van der Waals surface area contributed by atoms with E-state index in [1.54, 1.807) is 18.2 Å². The fraction of sp³-hybridized carbons (Fsp3) is 0.0769. The van der Waals surface area contributed by atoms with Crippen molar-refractivity contribution in [1.82, 2.24) is 4.98 Å². The molecule has 0 atom stereocenters. The number of halogens is 1. The van der Waals surface area contributed by atoms with Crippen molar-refractivity contribution in [3.8, 4) is 5.75 Å². The normalized spacial score (nSPS) is 10.0. The topological polar surface area (TPSA) is 74.2 Å². The quantitative estimate of drug-likeness (QED) is 0.737. The number of benzene rings is 1. The summed E-state index contributed by atoms with van der Waals surface area (Å²) in [6.45, 7) is 1.84. The Morgan fingerprint density at radius 3 is 2.74 bits per heavy atom. The fourth-order valence-electron chi connectivity index (χ4n) is 1.48. The molecule has 1 aromatic carbocycles. The minimum absolute atomic E-state index is 0.0343. The summed E-state index contributed by atoms with van der Waals surface area (Å²) in [5.41, 5.74) is 1.29. The van der Waals surface area contributed by atoms with Crippen LogP contribution in [0.15, 0.2) is 36.4 Å². The van der Waals surface area contributed by atoms with E-state index in [-0.39, 0.29) is 10.8 Å². The summed E-state index contributed by atoms with van der Waals surface area (Å²) in [5, 5.41) is 14.6. The summed E-state index contributed by atoms with van der Waals surface area (Å²) in [5.74, 6) is 0.426. The highest BCUT2D eigenvalue weighted by atomic mass is 35.5. The first-order chi connectivity index (χ1) is 9.04. The lowest BCUT2D eigenvalue weighted by molar-refractivity contribution is 0.262. The number of amides is 2. The van der Waals surface area contributed by atoms with E-state index in [0.29, 0.717) is 11.5 Å². The predicted octanol–water partition coefficient (Wildman–Crippen LogP) is 3.39. The number of phenolic OH excluding ortho intramolecular Hbond substituents is 1. The molecule has 0 aliphatic heterocycles. The first-order valence-electron chi connectivity index (χ1n) is 5.55. The van der Waals surface area contributed by atoms with E-state index < -0.39 is 6.03 Å². The number of nitrogens with zero attached hydrogens (tertiary/aromatic N) is 1. The van der Waals surface area contributed by atoms with Crippen LogP contribution >= 0.6 is 11.6 Å². The van der Waals surface area contributed by atoms with Crippen molar-refractivity contribution in [2.45, 2.75) is 6.92 Å². The van der Waals surface area contributed by atoms with Gasteiger partial charge in [-0.05, 0) is 37.3 Å². The zero-order chi connectivity index (χ0) is 13.8. The van der Waals surface area contributed by atoms with Gasteiger partial charge in [0.25, 0.3) is 0 Å². The average Bonchev–Trinajstić information content (AvgIpc) is 2.34. The molecule has 0 aliphatic rings. The molecule has 2 aromatic rings. The SMILES string of the molecule is Cc1cccc(NC(=O)Nc2ccc(O)c(Cl)c2)n1. The van der Waals surface area contributed by atoms with Gasteiger partial charge >= 0.3 is 6.03 Å². The van der Waals surface area contributed by atoms with Crippen molar-refractivity contribution in [2.24, 2.45) is 0 Å². The third-order valence-electron chi connectivity index (χ3n) is 2.34. The second-order valence-electron chi connectivity index (χ2n) is 3.91. The number of nitrogens with one attached hydrogen (secondary N) is 2. The van der Waals surface area contributed by atoms with Gasteiger partial charge in [0.15, 0.2) is 0 Å². The zero-order valence-corrected chi connectivity index (χ0v) is 10.9. The lowest BCUT2D eigenvalue weighted by Gasteiger charge is -2.08. The van der Waals surface area contributed by atoms with E-state index in [0.717, 1.165) is 5.69 Å². The standard InChI is InChI=1S/C13H12ClN3O2/c1-8-3-2-4-12(15-8)17-13(19)16-9-5-6-11(18)10(14)7-9/h2-7,18H,1H3,(H2,15,16,17,19). The lowest BCUT2D eigenvalue weighted by Crippen LogP contribution is -2.20. The van der Waals surface area contributed by atoms with Crippen LogP contribution in [0.3, 0.4) is 0 Å². The third kappa shape index (κ3) is 3.59. The van der Waals surface area contributed by atoms with Crippen LogP contribution in [-0.2, 0) is 0 Å². The number of carbonyl (C=O) groups excluding carboxylic acids is 1. The Hall–Kier alpha value is -2.27. The highest BCUT2D eigenvalue weighted by Gasteiger charge is 2.05. The van der Waals surface area contributed by atoms with E-state index in [2.05, 4.69) is 15.6 Å². The maximum Gasteiger partial charge on any atom is 0.324 e. The van der Waals surface area contributed by atoms with Crippen molar-refractivity contribution >= 4 is 29.1 Å². The van der Waals surface area contributed by atoms with Gasteiger partial charge in [0.1, 0.15) is 11.6 Å². The summed E-state index contributed by atoms with van der Waals surface area (Å²) in [7, 11) is 0. The Morgan fingerprint density at radius 1 is 1.26 bits per heavy atom. The number of pyridine rings is 1. The molecule has 0 saturated carbocycles. The van der Waals surface area contributed by atoms with Crippen LogP contribution in [0.25, 0.3) is 0 Å². The minimum Gasteiger partial charge on any atom is -0.506 e. The van der Waals surface area contributed by atoms with Gasteiger partial charge in [-0.25, -0.2) is 9.78 Å². The molecule has 3 N–H and O–H groups in total. The molecule has 0 radical (unpaired) electrons. The maximum absolute atomic E-state index is 11.7. The van der Waals surface area contributed by atoms with Crippen LogP contribution in [0.1, 0.15) is 5.69 Å². The molecule has 0 aliphatic carbocycles. The number of urea groups is 1. The number of aromatic hydroxyl groups is 1. The molecule has 0 bridgehead atoms. The Labute approximate surface area is 115 Å². The Balaban J connectivity index is 2.03. The highest BCUT2D eigenvalue weighted by Crippen LogP contribution is 2.26. The molecular formula is C13H12ClN3O2. The van der Waals surface area contributed by atoms with E-state index in [9.17, 15) is 9.90 Å². The van der Waals surface area contributed by atoms with Gasteiger partial charge in [-0.2, -0.15) is 0 Å². The summed E-state index contributed by atoms with van der Waals surface area (Å²) >= 11 is 5.74. The van der Waals surface area contributed by atoms with Gasteiger partial charge in [-0.1, -0.05) is 17.7 Å². The Morgan fingerprint density at radius 2 is 2.05 bits per heavy atom. The number of hydrogen-bond acceptors (Lipinski definition) is 3. The molecule has 98 valence electrons. The van der Waals surface area contributed by atoms with E-state index in [1.165, 1.54) is 12.1 Å². The second kappa shape index (κ2) is 5.58. The summed E-state index contributed by atoms with van der Waals surface area (Å²) in [6.07, 6.45) is 0. The molecule has 0 saturated heterocycles. The van der Waals surface area contributed by atoms with Crippen LogP contribution < -0.4 is 10.6 Å². The van der Waals surface area contributed by atoms with Crippen LogP contribution in [0.2, 0.25) is 5.02 Å². The molecular weight excluding hydrogens is 266 g/mol. The predicted molar refractivity (Wildman–Crippen MR) is 74.7 cm³/mol. The van der Waals surface area contributed by atoms with Crippen molar-refractivity contribution in [2.75, 3.05) is 10.6 Å². The van der Waals surface area contributed by atoms with Crippen molar-refractivity contribution in [3.05, 3.63) is 47.1 Å². The summed E-state index contributed by atoms with van der Waals surface area (Å²) in [4.78, 5) is 15.9. The first-order valence-corrected chi connectivity index (χ1v) is 5.92. The minimum atomic E-state index is -0.431. The molecule has 2 rings (SSSR count).